The van der Waals surface area contributed by atoms with Crippen molar-refractivity contribution in [1.82, 2.24) is 20.4 Å². The molecule has 3 aliphatic rings. The number of morpholine rings is 1. The molecule has 1 saturated heterocycles. The van der Waals surface area contributed by atoms with E-state index in [1.807, 2.05) is 6.20 Å². The summed E-state index contributed by atoms with van der Waals surface area (Å²) < 4.78 is 5.54. The second-order valence-electron chi connectivity index (χ2n) is 7.92. The molecule has 0 radical (unpaired) electrons. The van der Waals surface area contributed by atoms with Gasteiger partial charge in [-0.05, 0) is 37.7 Å². The quantitative estimate of drug-likeness (QED) is 0.870. The molecule has 0 spiro atoms. The SMILES string of the molecule is O=C(NCC1(N2CCOCC2)CCCCC1)C1CCc2[nH]ncc2C1. The number of hydrogen-bond acceptors (Lipinski definition) is 4. The molecular formula is C19H30N4O2. The minimum Gasteiger partial charge on any atom is -0.379 e. The topological polar surface area (TPSA) is 70.2 Å². The van der Waals surface area contributed by atoms with Gasteiger partial charge in [0.25, 0.3) is 0 Å². The first-order chi connectivity index (χ1) is 12.3. The zero-order valence-electron chi connectivity index (χ0n) is 15.1. The Balaban J connectivity index is 1.38. The van der Waals surface area contributed by atoms with Crippen LogP contribution in [-0.2, 0) is 22.4 Å². The maximum absolute atomic E-state index is 12.8. The fraction of sp³-hybridized carbons (Fsp3) is 0.789. The van der Waals surface area contributed by atoms with Crippen molar-refractivity contribution in [2.24, 2.45) is 5.92 Å². The molecule has 1 aliphatic heterocycles. The predicted octanol–water partition coefficient (Wildman–Crippen LogP) is 1.67. The lowest BCUT2D eigenvalue weighted by Crippen LogP contribution is -2.60. The minimum atomic E-state index is 0.0930. The van der Waals surface area contributed by atoms with Gasteiger partial charge in [-0.1, -0.05) is 19.3 Å². The molecule has 1 saturated carbocycles. The van der Waals surface area contributed by atoms with Crippen LogP contribution in [0.5, 0.6) is 0 Å². The van der Waals surface area contributed by atoms with Crippen LogP contribution in [0.25, 0.3) is 0 Å². The summed E-state index contributed by atoms with van der Waals surface area (Å²) in [6.07, 6.45) is 10.8. The van der Waals surface area contributed by atoms with Crippen LogP contribution in [-0.4, -0.2) is 59.4 Å². The van der Waals surface area contributed by atoms with Gasteiger partial charge in [-0.25, -0.2) is 0 Å². The molecule has 1 unspecified atom stereocenters. The van der Waals surface area contributed by atoms with Crippen molar-refractivity contribution < 1.29 is 9.53 Å². The Kier molecular flexibility index (Phi) is 5.08. The smallest absolute Gasteiger partial charge is 0.223 e. The van der Waals surface area contributed by atoms with Crippen molar-refractivity contribution >= 4 is 5.91 Å². The molecule has 138 valence electrons. The standard InChI is InChI=1S/C19H30N4O2/c24-18(15-4-5-17-16(12-15)13-21-22-17)20-14-19(6-2-1-3-7-19)23-8-10-25-11-9-23/h13,15H,1-12,14H2,(H,20,24)(H,21,22). The number of nitrogens with one attached hydrogen (secondary N) is 2. The molecule has 2 fully saturated rings. The van der Waals surface area contributed by atoms with E-state index < -0.39 is 0 Å². The van der Waals surface area contributed by atoms with Gasteiger partial charge in [0.15, 0.2) is 0 Å². The average molecular weight is 346 g/mol. The number of fused-ring (bicyclic) bond motifs is 1. The molecule has 25 heavy (non-hydrogen) atoms. The van der Waals surface area contributed by atoms with Gasteiger partial charge in [0, 0.05) is 36.8 Å². The van der Waals surface area contributed by atoms with E-state index in [2.05, 4.69) is 20.4 Å². The van der Waals surface area contributed by atoms with Crippen molar-refractivity contribution in [3.8, 4) is 0 Å². The summed E-state index contributed by atoms with van der Waals surface area (Å²) >= 11 is 0. The molecule has 0 bridgehead atoms. The Morgan fingerprint density at radius 1 is 1.32 bits per heavy atom. The van der Waals surface area contributed by atoms with Gasteiger partial charge in [0.1, 0.15) is 0 Å². The van der Waals surface area contributed by atoms with Crippen LogP contribution >= 0.6 is 0 Å². The maximum atomic E-state index is 12.8. The third-order valence-corrected chi connectivity index (χ3v) is 6.45. The zero-order chi connectivity index (χ0) is 17.1. The third kappa shape index (κ3) is 3.60. The first-order valence-electron chi connectivity index (χ1n) is 9.88. The largest absolute Gasteiger partial charge is 0.379 e. The second-order valence-corrected chi connectivity index (χ2v) is 7.92. The molecule has 1 aromatic heterocycles. The van der Waals surface area contributed by atoms with Gasteiger partial charge in [-0.15, -0.1) is 0 Å². The van der Waals surface area contributed by atoms with Crippen molar-refractivity contribution in [3.05, 3.63) is 17.5 Å². The van der Waals surface area contributed by atoms with E-state index in [-0.39, 0.29) is 17.4 Å². The van der Waals surface area contributed by atoms with E-state index in [1.54, 1.807) is 0 Å². The Labute approximate surface area is 149 Å². The van der Waals surface area contributed by atoms with E-state index in [1.165, 1.54) is 43.4 Å². The highest BCUT2D eigenvalue weighted by Gasteiger charge is 2.39. The van der Waals surface area contributed by atoms with Crippen LogP contribution in [0.4, 0.5) is 0 Å². The van der Waals surface area contributed by atoms with Crippen molar-refractivity contribution in [1.29, 1.82) is 0 Å². The molecule has 6 heteroatoms. The monoisotopic (exact) mass is 346 g/mol. The van der Waals surface area contributed by atoms with Crippen LogP contribution in [0.2, 0.25) is 0 Å². The van der Waals surface area contributed by atoms with Gasteiger partial charge in [-0.3, -0.25) is 14.8 Å². The number of aryl methyl sites for hydroxylation is 1. The van der Waals surface area contributed by atoms with Gasteiger partial charge in [0.05, 0.1) is 19.4 Å². The molecule has 2 aliphatic carbocycles. The summed E-state index contributed by atoms with van der Waals surface area (Å²) in [7, 11) is 0. The first kappa shape index (κ1) is 17.0. The maximum Gasteiger partial charge on any atom is 0.223 e. The summed E-state index contributed by atoms with van der Waals surface area (Å²) in [4.78, 5) is 15.4. The lowest BCUT2D eigenvalue weighted by molar-refractivity contribution is -0.126. The van der Waals surface area contributed by atoms with E-state index >= 15 is 0 Å². The summed E-state index contributed by atoms with van der Waals surface area (Å²) in [6.45, 7) is 4.43. The Hall–Kier alpha value is -1.40. The van der Waals surface area contributed by atoms with E-state index in [0.29, 0.717) is 0 Å². The highest BCUT2D eigenvalue weighted by Crippen LogP contribution is 2.34. The molecule has 6 nitrogen and oxygen atoms in total. The molecule has 0 aromatic carbocycles. The number of carbonyl (C=O) groups excluding carboxylic acids is 1. The normalized spacial score (nSPS) is 26.8. The predicted molar refractivity (Wildman–Crippen MR) is 95.3 cm³/mol. The van der Waals surface area contributed by atoms with Crippen molar-refractivity contribution in [2.75, 3.05) is 32.8 Å². The van der Waals surface area contributed by atoms with Crippen LogP contribution in [0.15, 0.2) is 6.20 Å². The fourth-order valence-electron chi connectivity index (χ4n) is 4.89. The number of rotatable bonds is 4. The molecule has 1 amide bonds. The molecule has 1 aromatic rings. The summed E-state index contributed by atoms with van der Waals surface area (Å²) in [6, 6.07) is 0. The summed E-state index contributed by atoms with van der Waals surface area (Å²) in [5.41, 5.74) is 2.57. The third-order valence-electron chi connectivity index (χ3n) is 6.45. The molecular weight excluding hydrogens is 316 g/mol. The lowest BCUT2D eigenvalue weighted by Gasteiger charge is -2.48. The molecule has 4 rings (SSSR count). The first-order valence-corrected chi connectivity index (χ1v) is 9.88. The van der Waals surface area contributed by atoms with Crippen molar-refractivity contribution in [3.63, 3.8) is 0 Å². The number of aromatic nitrogens is 2. The number of H-pyrrole nitrogens is 1. The Morgan fingerprint density at radius 2 is 2.12 bits per heavy atom. The average Bonchev–Trinajstić information content (AvgIpc) is 3.15. The number of aromatic amines is 1. The van der Waals surface area contributed by atoms with Crippen LogP contribution < -0.4 is 5.32 Å². The van der Waals surface area contributed by atoms with Crippen LogP contribution in [0.1, 0.15) is 49.8 Å². The second kappa shape index (κ2) is 7.46. The number of ether oxygens (including phenoxy) is 1. The highest BCUT2D eigenvalue weighted by atomic mass is 16.5. The van der Waals surface area contributed by atoms with Gasteiger partial charge in [-0.2, -0.15) is 5.10 Å². The number of carbonyl (C=O) groups is 1. The molecule has 1 atom stereocenters. The fourth-order valence-corrected chi connectivity index (χ4v) is 4.89. The van der Waals surface area contributed by atoms with Crippen LogP contribution in [0, 0.1) is 5.92 Å². The van der Waals surface area contributed by atoms with Gasteiger partial charge in [0.2, 0.25) is 5.91 Å². The van der Waals surface area contributed by atoms with Gasteiger partial charge < -0.3 is 10.1 Å². The lowest BCUT2D eigenvalue weighted by atomic mass is 9.79. The van der Waals surface area contributed by atoms with Crippen LogP contribution in [0.3, 0.4) is 0 Å². The Bertz CT molecular complexity index is 588. The van der Waals surface area contributed by atoms with E-state index in [4.69, 9.17) is 4.74 Å². The zero-order valence-corrected chi connectivity index (χ0v) is 15.1. The number of amides is 1. The summed E-state index contributed by atoms with van der Waals surface area (Å²) in [5, 5.41) is 10.5. The molecule has 2 heterocycles. The number of hydrogen-bond donors (Lipinski definition) is 2. The molecule has 2 N–H and O–H groups in total. The minimum absolute atomic E-state index is 0.0930. The number of nitrogens with zero attached hydrogens (tertiary/aromatic N) is 2. The van der Waals surface area contributed by atoms with Crippen molar-refractivity contribution in [2.45, 2.75) is 56.9 Å². The van der Waals surface area contributed by atoms with E-state index in [9.17, 15) is 4.79 Å². The highest BCUT2D eigenvalue weighted by molar-refractivity contribution is 5.79. The van der Waals surface area contributed by atoms with Gasteiger partial charge >= 0.3 is 0 Å². The van der Waals surface area contributed by atoms with E-state index in [0.717, 1.165) is 52.1 Å². The Morgan fingerprint density at radius 3 is 2.92 bits per heavy atom. The summed E-state index contributed by atoms with van der Waals surface area (Å²) in [5.74, 6) is 0.320.